The second-order valence-corrected chi connectivity index (χ2v) is 4.57. The zero-order chi connectivity index (χ0) is 14.9. The number of halogens is 1. The molecule has 1 heterocycles. The predicted molar refractivity (Wildman–Crippen MR) is 77.5 cm³/mol. The number of aryl methyl sites for hydroxylation is 1. The maximum absolute atomic E-state index is 11.8. The van der Waals surface area contributed by atoms with E-state index < -0.39 is 5.56 Å². The van der Waals surface area contributed by atoms with Crippen LogP contribution in [0, 0.1) is 5.41 Å². The third-order valence-electron chi connectivity index (χ3n) is 2.79. The van der Waals surface area contributed by atoms with Gasteiger partial charge < -0.3 is 10.5 Å². The van der Waals surface area contributed by atoms with Gasteiger partial charge in [-0.2, -0.15) is 5.10 Å². The lowest BCUT2D eigenvalue weighted by Gasteiger charge is -2.10. The van der Waals surface area contributed by atoms with E-state index in [0.29, 0.717) is 22.0 Å². The lowest BCUT2D eigenvalue weighted by atomic mass is 10.1. The fourth-order valence-electron chi connectivity index (χ4n) is 1.81. The van der Waals surface area contributed by atoms with Crippen LogP contribution in [0.3, 0.4) is 0 Å². The van der Waals surface area contributed by atoms with Crippen LogP contribution in [0.4, 0.5) is 0 Å². The van der Waals surface area contributed by atoms with Crippen LogP contribution in [0.1, 0.15) is 5.56 Å². The van der Waals surface area contributed by atoms with Gasteiger partial charge in [0.2, 0.25) is 0 Å². The molecule has 0 radical (unpaired) electrons. The van der Waals surface area contributed by atoms with Crippen LogP contribution in [-0.4, -0.2) is 22.7 Å². The second-order valence-electron chi connectivity index (χ2n) is 4.13. The molecule has 0 bridgehead atoms. The minimum atomic E-state index is -0.428. The van der Waals surface area contributed by atoms with Gasteiger partial charge >= 0.3 is 0 Å². The van der Waals surface area contributed by atoms with Crippen molar-refractivity contribution in [3.05, 3.63) is 45.2 Å². The Bertz CT molecular complexity index is 740. The van der Waals surface area contributed by atoms with Crippen molar-refractivity contribution >= 4 is 17.4 Å². The van der Waals surface area contributed by atoms with Crippen LogP contribution in [0.15, 0.2) is 29.1 Å². The zero-order valence-electron chi connectivity index (χ0n) is 11.0. The highest BCUT2D eigenvalue weighted by atomic mass is 35.5. The molecule has 3 N–H and O–H groups in total. The van der Waals surface area contributed by atoms with Gasteiger partial charge in [0, 0.05) is 17.6 Å². The molecule has 1 aromatic heterocycles. The SMILES string of the molecule is COc1ccc(Cl)cc1-c1cc(C(=N)N)c(=O)n(C)n1. The van der Waals surface area contributed by atoms with Gasteiger partial charge in [-0.3, -0.25) is 10.2 Å². The van der Waals surface area contributed by atoms with Crippen molar-refractivity contribution in [3.8, 4) is 17.0 Å². The first kappa shape index (κ1) is 14.1. The van der Waals surface area contributed by atoms with Crippen LogP contribution in [0.2, 0.25) is 5.02 Å². The highest BCUT2D eigenvalue weighted by Gasteiger charge is 2.14. The molecule has 0 spiro atoms. The highest BCUT2D eigenvalue weighted by Crippen LogP contribution is 2.31. The first-order valence-electron chi connectivity index (χ1n) is 5.70. The van der Waals surface area contributed by atoms with Gasteiger partial charge in [0.15, 0.2) is 0 Å². The largest absolute Gasteiger partial charge is 0.496 e. The van der Waals surface area contributed by atoms with Crippen molar-refractivity contribution in [1.82, 2.24) is 9.78 Å². The summed E-state index contributed by atoms with van der Waals surface area (Å²) in [6, 6.07) is 6.53. The zero-order valence-corrected chi connectivity index (χ0v) is 11.7. The van der Waals surface area contributed by atoms with Crippen molar-refractivity contribution in [2.24, 2.45) is 12.8 Å². The number of nitrogens with two attached hydrogens (primary N) is 1. The third-order valence-corrected chi connectivity index (χ3v) is 3.03. The molecule has 0 saturated carbocycles. The molecule has 7 heteroatoms. The third kappa shape index (κ3) is 2.50. The smallest absolute Gasteiger partial charge is 0.277 e. The Labute approximate surface area is 120 Å². The topological polar surface area (TPSA) is 94.0 Å². The fraction of sp³-hybridized carbons (Fsp3) is 0.154. The summed E-state index contributed by atoms with van der Waals surface area (Å²) in [5.41, 5.74) is 6.15. The summed E-state index contributed by atoms with van der Waals surface area (Å²) < 4.78 is 6.39. The minimum Gasteiger partial charge on any atom is -0.496 e. The molecule has 104 valence electrons. The molecule has 0 fully saturated rings. The molecule has 0 aliphatic heterocycles. The summed E-state index contributed by atoms with van der Waals surface area (Å²) in [6.45, 7) is 0. The molecular weight excluding hydrogens is 280 g/mol. The number of aromatic nitrogens is 2. The van der Waals surface area contributed by atoms with Gasteiger partial charge in [-0.15, -0.1) is 0 Å². The number of hydrogen-bond donors (Lipinski definition) is 2. The van der Waals surface area contributed by atoms with Crippen LogP contribution in [0.5, 0.6) is 5.75 Å². The fourth-order valence-corrected chi connectivity index (χ4v) is 1.99. The molecule has 0 amide bonds. The monoisotopic (exact) mass is 292 g/mol. The van der Waals surface area contributed by atoms with Crippen molar-refractivity contribution in [2.45, 2.75) is 0 Å². The molecule has 0 atom stereocenters. The number of ether oxygens (including phenoxy) is 1. The van der Waals surface area contributed by atoms with Gasteiger partial charge in [0.25, 0.3) is 5.56 Å². The lowest BCUT2D eigenvalue weighted by molar-refractivity contribution is 0.416. The van der Waals surface area contributed by atoms with Crippen molar-refractivity contribution < 1.29 is 4.74 Å². The summed E-state index contributed by atoms with van der Waals surface area (Å²) >= 11 is 5.98. The van der Waals surface area contributed by atoms with Crippen molar-refractivity contribution in [2.75, 3.05) is 7.11 Å². The average Bonchev–Trinajstić information content (AvgIpc) is 2.41. The molecule has 2 aromatic rings. The van der Waals surface area contributed by atoms with Crippen LogP contribution < -0.4 is 16.0 Å². The number of rotatable bonds is 3. The molecule has 0 saturated heterocycles. The summed E-state index contributed by atoms with van der Waals surface area (Å²) in [6.07, 6.45) is 0. The van der Waals surface area contributed by atoms with Crippen molar-refractivity contribution in [3.63, 3.8) is 0 Å². The standard InChI is InChI=1S/C13H13ClN4O2/c1-18-13(19)9(12(15)16)6-10(17-18)8-5-7(14)3-4-11(8)20-2/h3-6H,1-2H3,(H3,15,16). The number of hydrogen-bond acceptors (Lipinski definition) is 4. The molecule has 1 aromatic carbocycles. The van der Waals surface area contributed by atoms with Gasteiger partial charge in [-0.25, -0.2) is 4.68 Å². The Hall–Kier alpha value is -2.34. The summed E-state index contributed by atoms with van der Waals surface area (Å²) in [4.78, 5) is 11.8. The molecule has 2 rings (SSSR count). The van der Waals surface area contributed by atoms with Gasteiger partial charge in [0.1, 0.15) is 11.6 Å². The van der Waals surface area contributed by atoms with E-state index in [2.05, 4.69) is 5.10 Å². The van der Waals surface area contributed by atoms with Crippen LogP contribution in [0.25, 0.3) is 11.3 Å². The molecule has 20 heavy (non-hydrogen) atoms. The maximum Gasteiger partial charge on any atom is 0.277 e. The van der Waals surface area contributed by atoms with E-state index in [4.69, 9.17) is 27.5 Å². The Balaban J connectivity index is 2.73. The van der Waals surface area contributed by atoms with E-state index in [1.54, 1.807) is 18.2 Å². The second kappa shape index (κ2) is 5.34. The predicted octanol–water partition coefficient (Wildman–Crippen LogP) is 1.39. The first-order chi connectivity index (χ1) is 9.43. The van der Waals surface area contributed by atoms with Gasteiger partial charge in [-0.05, 0) is 24.3 Å². The Morgan fingerprint density at radius 3 is 2.75 bits per heavy atom. The quantitative estimate of drug-likeness (QED) is 0.660. The van der Waals surface area contributed by atoms with E-state index in [1.165, 1.54) is 20.2 Å². The number of benzene rings is 1. The average molecular weight is 293 g/mol. The summed E-state index contributed by atoms with van der Waals surface area (Å²) in [5, 5.41) is 12.1. The Morgan fingerprint density at radius 2 is 2.15 bits per heavy atom. The molecular formula is C13H13ClN4O2. The Kier molecular flexibility index (Phi) is 3.76. The number of nitrogens with one attached hydrogen (secondary N) is 1. The van der Waals surface area contributed by atoms with E-state index in [0.717, 1.165) is 4.68 Å². The number of methoxy groups -OCH3 is 1. The Morgan fingerprint density at radius 1 is 1.45 bits per heavy atom. The summed E-state index contributed by atoms with van der Waals surface area (Å²) in [7, 11) is 3.02. The van der Waals surface area contributed by atoms with Gasteiger partial charge in [0.05, 0.1) is 18.4 Å². The number of nitrogen functional groups attached to an aromatic ring is 1. The van der Waals surface area contributed by atoms with Crippen LogP contribution >= 0.6 is 11.6 Å². The normalized spacial score (nSPS) is 10.3. The molecule has 0 aliphatic rings. The molecule has 6 nitrogen and oxygen atoms in total. The molecule has 0 unspecified atom stereocenters. The maximum atomic E-state index is 11.8. The van der Waals surface area contributed by atoms with E-state index >= 15 is 0 Å². The minimum absolute atomic E-state index is 0.0829. The highest BCUT2D eigenvalue weighted by molar-refractivity contribution is 6.31. The summed E-state index contributed by atoms with van der Waals surface area (Å²) in [5.74, 6) is 0.255. The number of nitrogens with zero attached hydrogens (tertiary/aromatic N) is 2. The van der Waals surface area contributed by atoms with Gasteiger partial charge in [-0.1, -0.05) is 11.6 Å². The number of amidine groups is 1. The van der Waals surface area contributed by atoms with E-state index in [-0.39, 0.29) is 11.4 Å². The van der Waals surface area contributed by atoms with Crippen LogP contribution in [-0.2, 0) is 7.05 Å². The first-order valence-corrected chi connectivity index (χ1v) is 6.08. The lowest BCUT2D eigenvalue weighted by Crippen LogP contribution is -2.29. The van der Waals surface area contributed by atoms with E-state index in [9.17, 15) is 4.79 Å². The van der Waals surface area contributed by atoms with E-state index in [1.807, 2.05) is 0 Å². The van der Waals surface area contributed by atoms with Crippen molar-refractivity contribution in [1.29, 1.82) is 5.41 Å². The molecule has 0 aliphatic carbocycles.